The van der Waals surface area contributed by atoms with Crippen molar-refractivity contribution in [3.05, 3.63) is 59.7 Å². The number of hydrogen-bond acceptors (Lipinski definition) is 4. The Morgan fingerprint density at radius 1 is 0.939 bits per heavy atom. The number of carbonyl (C=O) groups excluding carboxylic acids is 2. The molecule has 0 aliphatic heterocycles. The van der Waals surface area contributed by atoms with Crippen LogP contribution >= 0.6 is 0 Å². The summed E-state index contributed by atoms with van der Waals surface area (Å²) in [5.74, 6) is -1.27. The van der Waals surface area contributed by atoms with Crippen LogP contribution in [0.3, 0.4) is 0 Å². The lowest BCUT2D eigenvalue weighted by Crippen LogP contribution is -2.44. The van der Waals surface area contributed by atoms with E-state index < -0.39 is 18.1 Å². The molecule has 174 valence electrons. The monoisotopic (exact) mass is 450 g/mol. The number of nitrogens with one attached hydrogen (secondary N) is 2. The van der Waals surface area contributed by atoms with Gasteiger partial charge >= 0.3 is 12.1 Å². The SMILES string of the molecule is O=C(NC(CCNC(=O)C1CCCCC1)C(=O)O)OCC1c2ccccc2-c2ccccc21. The summed E-state index contributed by atoms with van der Waals surface area (Å²) in [6.45, 7) is 0.306. The van der Waals surface area contributed by atoms with Crippen LogP contribution in [0.25, 0.3) is 11.1 Å². The first-order valence-corrected chi connectivity index (χ1v) is 11.7. The third kappa shape index (κ3) is 5.35. The normalized spacial score (nSPS) is 16.4. The zero-order chi connectivity index (χ0) is 23.2. The standard InChI is InChI=1S/C26H30N2O5/c29-24(17-8-2-1-3-9-17)27-15-14-23(25(30)31)28-26(32)33-16-22-20-12-6-4-10-18(20)19-11-5-7-13-21(19)22/h4-7,10-13,17,22-23H,1-3,8-9,14-16H2,(H,27,29)(H,28,32)(H,30,31). The second-order valence-electron chi connectivity index (χ2n) is 8.78. The van der Waals surface area contributed by atoms with Crippen molar-refractivity contribution < 1.29 is 24.2 Å². The van der Waals surface area contributed by atoms with E-state index in [2.05, 4.69) is 22.8 Å². The molecular formula is C26H30N2O5. The zero-order valence-corrected chi connectivity index (χ0v) is 18.6. The highest BCUT2D eigenvalue weighted by Crippen LogP contribution is 2.44. The zero-order valence-electron chi connectivity index (χ0n) is 18.6. The van der Waals surface area contributed by atoms with Gasteiger partial charge in [0.25, 0.3) is 0 Å². The minimum Gasteiger partial charge on any atom is -0.480 e. The van der Waals surface area contributed by atoms with Gasteiger partial charge in [0.2, 0.25) is 5.91 Å². The van der Waals surface area contributed by atoms with Gasteiger partial charge in [0.05, 0.1) is 0 Å². The average Bonchev–Trinajstić information content (AvgIpc) is 3.16. The average molecular weight is 451 g/mol. The number of alkyl carbamates (subject to hydrolysis) is 1. The van der Waals surface area contributed by atoms with Crippen LogP contribution in [0, 0.1) is 5.92 Å². The van der Waals surface area contributed by atoms with Crippen molar-refractivity contribution >= 4 is 18.0 Å². The Morgan fingerprint density at radius 2 is 1.55 bits per heavy atom. The highest BCUT2D eigenvalue weighted by molar-refractivity contribution is 5.81. The molecule has 7 nitrogen and oxygen atoms in total. The maximum absolute atomic E-state index is 12.4. The molecule has 2 aromatic carbocycles. The Hall–Kier alpha value is -3.35. The number of carboxylic acid groups (broad SMARTS) is 1. The molecule has 0 heterocycles. The molecule has 2 aliphatic rings. The van der Waals surface area contributed by atoms with E-state index in [1.54, 1.807) is 0 Å². The van der Waals surface area contributed by atoms with Gasteiger partial charge in [0.1, 0.15) is 12.6 Å². The second kappa shape index (κ2) is 10.5. The predicted molar refractivity (Wildman–Crippen MR) is 124 cm³/mol. The molecule has 1 atom stereocenters. The van der Waals surface area contributed by atoms with Gasteiger partial charge in [-0.2, -0.15) is 0 Å². The summed E-state index contributed by atoms with van der Waals surface area (Å²) in [6, 6.07) is 14.9. The van der Waals surface area contributed by atoms with Crippen LogP contribution in [0.4, 0.5) is 4.79 Å². The maximum atomic E-state index is 12.4. The molecule has 0 aromatic heterocycles. The summed E-state index contributed by atoms with van der Waals surface area (Å²) >= 11 is 0. The highest BCUT2D eigenvalue weighted by atomic mass is 16.5. The van der Waals surface area contributed by atoms with Crippen molar-refractivity contribution in [2.45, 2.75) is 50.5 Å². The minimum absolute atomic E-state index is 0.0112. The van der Waals surface area contributed by atoms with E-state index in [9.17, 15) is 19.5 Å². The van der Waals surface area contributed by atoms with Crippen LogP contribution < -0.4 is 10.6 Å². The van der Waals surface area contributed by atoms with Crippen LogP contribution in [0.2, 0.25) is 0 Å². The van der Waals surface area contributed by atoms with Crippen molar-refractivity contribution in [1.29, 1.82) is 0 Å². The summed E-state index contributed by atoms with van der Waals surface area (Å²) in [7, 11) is 0. The fourth-order valence-electron chi connectivity index (χ4n) is 4.89. The number of benzene rings is 2. The molecular weight excluding hydrogens is 420 g/mol. The van der Waals surface area contributed by atoms with Crippen LogP contribution in [0.1, 0.15) is 55.6 Å². The largest absolute Gasteiger partial charge is 0.480 e. The number of hydrogen-bond donors (Lipinski definition) is 3. The molecule has 2 aromatic rings. The van der Waals surface area contributed by atoms with Crippen LogP contribution in [0.15, 0.2) is 48.5 Å². The van der Waals surface area contributed by atoms with Gasteiger partial charge in [0, 0.05) is 18.4 Å². The van der Waals surface area contributed by atoms with E-state index in [1.807, 2.05) is 36.4 Å². The molecule has 4 rings (SSSR count). The number of carboxylic acids is 1. The third-order valence-electron chi connectivity index (χ3n) is 6.64. The number of ether oxygens (including phenoxy) is 1. The van der Waals surface area contributed by atoms with Gasteiger partial charge < -0.3 is 20.5 Å². The van der Waals surface area contributed by atoms with Gasteiger partial charge in [0.15, 0.2) is 0 Å². The lowest BCUT2D eigenvalue weighted by atomic mass is 9.88. The molecule has 33 heavy (non-hydrogen) atoms. The fourth-order valence-corrected chi connectivity index (χ4v) is 4.89. The summed E-state index contributed by atoms with van der Waals surface area (Å²) in [5, 5.41) is 14.7. The molecule has 0 saturated heterocycles. The Kier molecular flexibility index (Phi) is 7.27. The van der Waals surface area contributed by atoms with Crippen molar-refractivity contribution in [3.8, 4) is 11.1 Å². The molecule has 1 saturated carbocycles. The number of fused-ring (bicyclic) bond motifs is 3. The smallest absolute Gasteiger partial charge is 0.407 e. The summed E-state index contributed by atoms with van der Waals surface area (Å²) in [6.07, 6.45) is 4.35. The van der Waals surface area contributed by atoms with Crippen LogP contribution in [-0.2, 0) is 14.3 Å². The Morgan fingerprint density at radius 3 is 2.15 bits per heavy atom. The first kappa shape index (κ1) is 22.8. The van der Waals surface area contributed by atoms with Crippen LogP contribution in [0.5, 0.6) is 0 Å². The second-order valence-corrected chi connectivity index (χ2v) is 8.78. The molecule has 0 radical (unpaired) electrons. The first-order chi connectivity index (χ1) is 16.0. The lowest BCUT2D eigenvalue weighted by molar-refractivity contribution is -0.139. The van der Waals surface area contributed by atoms with E-state index in [-0.39, 0.29) is 37.3 Å². The molecule has 2 aliphatic carbocycles. The lowest BCUT2D eigenvalue weighted by Gasteiger charge is -2.21. The number of aliphatic carboxylic acids is 1. The topological polar surface area (TPSA) is 105 Å². The Bertz CT molecular complexity index is 970. The van der Waals surface area contributed by atoms with E-state index in [0.717, 1.165) is 54.4 Å². The van der Waals surface area contributed by atoms with Crippen molar-refractivity contribution in [2.75, 3.05) is 13.2 Å². The summed E-state index contributed by atoms with van der Waals surface area (Å²) in [4.78, 5) is 36.3. The van der Waals surface area contributed by atoms with Gasteiger partial charge in [-0.25, -0.2) is 9.59 Å². The molecule has 0 bridgehead atoms. The molecule has 0 spiro atoms. The summed E-state index contributed by atoms with van der Waals surface area (Å²) < 4.78 is 5.44. The quantitative estimate of drug-likeness (QED) is 0.562. The van der Waals surface area contributed by atoms with Gasteiger partial charge in [-0.05, 0) is 41.5 Å². The Balaban J connectivity index is 1.29. The van der Waals surface area contributed by atoms with Gasteiger partial charge in [-0.3, -0.25) is 4.79 Å². The molecule has 1 unspecified atom stereocenters. The van der Waals surface area contributed by atoms with E-state index in [1.165, 1.54) is 0 Å². The van der Waals surface area contributed by atoms with Gasteiger partial charge in [-0.1, -0.05) is 67.8 Å². The van der Waals surface area contributed by atoms with Crippen LogP contribution in [-0.4, -0.2) is 42.3 Å². The van der Waals surface area contributed by atoms with Gasteiger partial charge in [-0.15, -0.1) is 0 Å². The molecule has 1 fully saturated rings. The van der Waals surface area contributed by atoms with E-state index in [0.29, 0.717) is 0 Å². The highest BCUT2D eigenvalue weighted by Gasteiger charge is 2.30. The maximum Gasteiger partial charge on any atom is 0.407 e. The van der Waals surface area contributed by atoms with Crippen molar-refractivity contribution in [1.82, 2.24) is 10.6 Å². The third-order valence-corrected chi connectivity index (χ3v) is 6.64. The van der Waals surface area contributed by atoms with E-state index >= 15 is 0 Å². The van der Waals surface area contributed by atoms with Crippen molar-refractivity contribution in [2.24, 2.45) is 5.92 Å². The fraction of sp³-hybridized carbons (Fsp3) is 0.423. The predicted octanol–water partition coefficient (Wildman–Crippen LogP) is 4.06. The minimum atomic E-state index is -1.16. The summed E-state index contributed by atoms with van der Waals surface area (Å²) in [5.41, 5.74) is 4.43. The van der Waals surface area contributed by atoms with Crippen molar-refractivity contribution in [3.63, 3.8) is 0 Å². The number of rotatable bonds is 8. The number of carbonyl (C=O) groups is 3. The molecule has 3 N–H and O–H groups in total. The molecule has 7 heteroatoms. The number of amides is 2. The van der Waals surface area contributed by atoms with E-state index in [4.69, 9.17) is 4.74 Å². The Labute approximate surface area is 193 Å². The molecule has 2 amide bonds. The first-order valence-electron chi connectivity index (χ1n) is 11.7.